The fraction of sp³-hybridized carbons (Fsp3) is 0.559. The zero-order chi connectivity index (χ0) is 28.5. The summed E-state index contributed by atoms with van der Waals surface area (Å²) in [6.07, 6.45) is 19.4. The molecule has 0 amide bonds. The van der Waals surface area contributed by atoms with Gasteiger partial charge < -0.3 is 14.2 Å². The molecule has 0 aliphatic heterocycles. The second kappa shape index (κ2) is 22.6. The van der Waals surface area contributed by atoms with Gasteiger partial charge in [0.15, 0.2) is 0 Å². The molecule has 0 aliphatic rings. The molecule has 0 aromatic heterocycles. The average molecular weight is 551 g/mol. The lowest BCUT2D eigenvalue weighted by molar-refractivity contribution is -0.137. The van der Waals surface area contributed by atoms with E-state index < -0.39 is 0 Å². The molecule has 40 heavy (non-hydrogen) atoms. The molecule has 0 radical (unpaired) electrons. The van der Waals surface area contributed by atoms with Crippen LogP contribution in [0.1, 0.15) is 103 Å². The zero-order valence-corrected chi connectivity index (χ0v) is 24.7. The van der Waals surface area contributed by atoms with Crippen LogP contribution in [-0.2, 0) is 9.53 Å². The van der Waals surface area contributed by atoms with E-state index in [4.69, 9.17) is 14.2 Å². The SMILES string of the molecule is C=CC(=O)OCCCCCCCCCOc1ccc(N=Nc2ccc(OCCCCCCCCCC)cc2)cc1. The summed E-state index contributed by atoms with van der Waals surface area (Å²) >= 11 is 0. The number of hydrogen-bond acceptors (Lipinski definition) is 6. The van der Waals surface area contributed by atoms with Crippen molar-refractivity contribution in [1.29, 1.82) is 0 Å². The van der Waals surface area contributed by atoms with Gasteiger partial charge in [-0.15, -0.1) is 0 Å². The van der Waals surface area contributed by atoms with Crippen LogP contribution in [0.3, 0.4) is 0 Å². The van der Waals surface area contributed by atoms with E-state index in [9.17, 15) is 4.79 Å². The molecule has 0 fully saturated rings. The summed E-state index contributed by atoms with van der Waals surface area (Å²) < 4.78 is 16.7. The lowest BCUT2D eigenvalue weighted by Gasteiger charge is -2.07. The number of rotatable bonds is 24. The summed E-state index contributed by atoms with van der Waals surface area (Å²) in [5.41, 5.74) is 1.59. The van der Waals surface area contributed by atoms with Crippen LogP contribution in [0.2, 0.25) is 0 Å². The summed E-state index contributed by atoms with van der Waals surface area (Å²) in [5.74, 6) is 1.40. The van der Waals surface area contributed by atoms with Crippen LogP contribution >= 0.6 is 0 Å². The predicted octanol–water partition coefficient (Wildman–Crippen LogP) is 10.5. The number of hydrogen-bond donors (Lipinski definition) is 0. The highest BCUT2D eigenvalue weighted by Crippen LogP contribution is 2.23. The number of carbonyl (C=O) groups excluding carboxylic acids is 1. The molecule has 0 saturated heterocycles. The number of unbranched alkanes of at least 4 members (excludes halogenated alkanes) is 13. The maximum atomic E-state index is 11.0. The zero-order valence-electron chi connectivity index (χ0n) is 24.7. The Bertz CT molecular complexity index is 941. The van der Waals surface area contributed by atoms with Gasteiger partial charge in [-0.2, -0.15) is 10.2 Å². The van der Waals surface area contributed by atoms with E-state index in [0.717, 1.165) is 61.6 Å². The Balaban J connectivity index is 1.51. The highest BCUT2D eigenvalue weighted by Gasteiger charge is 1.99. The fourth-order valence-corrected chi connectivity index (χ4v) is 4.27. The topological polar surface area (TPSA) is 69.5 Å². The summed E-state index contributed by atoms with van der Waals surface area (Å²) in [7, 11) is 0. The largest absolute Gasteiger partial charge is 0.494 e. The maximum absolute atomic E-state index is 11.0. The van der Waals surface area contributed by atoms with Crippen molar-refractivity contribution >= 4 is 17.3 Å². The first-order chi connectivity index (χ1) is 19.7. The standard InChI is InChI=1S/C34H50N2O4/c1-3-5-6-7-8-10-13-16-27-38-32-23-19-30(20-24-32)35-36-31-21-25-33(26-22-31)39-28-17-14-11-9-12-15-18-29-40-34(37)4-2/h4,19-26H,2-3,5-18,27-29H2,1H3. The molecule has 0 spiro atoms. The third-order valence-electron chi connectivity index (χ3n) is 6.69. The van der Waals surface area contributed by atoms with Crippen molar-refractivity contribution in [3.05, 3.63) is 61.2 Å². The van der Waals surface area contributed by atoms with Crippen molar-refractivity contribution in [3.8, 4) is 11.5 Å². The Kier molecular flexibility index (Phi) is 18.7. The van der Waals surface area contributed by atoms with Gasteiger partial charge in [0.2, 0.25) is 0 Å². The summed E-state index contributed by atoms with van der Waals surface area (Å²) in [6.45, 7) is 7.61. The summed E-state index contributed by atoms with van der Waals surface area (Å²) in [6, 6.07) is 15.5. The summed E-state index contributed by atoms with van der Waals surface area (Å²) in [4.78, 5) is 11.0. The number of azo groups is 1. The predicted molar refractivity (Wildman–Crippen MR) is 164 cm³/mol. The minimum Gasteiger partial charge on any atom is -0.494 e. The first-order valence-corrected chi connectivity index (χ1v) is 15.4. The van der Waals surface area contributed by atoms with Crippen LogP contribution in [0.25, 0.3) is 0 Å². The van der Waals surface area contributed by atoms with Gasteiger partial charge in [0.25, 0.3) is 0 Å². The van der Waals surface area contributed by atoms with Crippen molar-refractivity contribution in [2.24, 2.45) is 10.2 Å². The van der Waals surface area contributed by atoms with Crippen molar-refractivity contribution in [1.82, 2.24) is 0 Å². The third kappa shape index (κ3) is 16.7. The molecule has 2 aromatic carbocycles. The normalized spacial score (nSPS) is 11.0. The van der Waals surface area contributed by atoms with Gasteiger partial charge in [0.05, 0.1) is 31.2 Å². The van der Waals surface area contributed by atoms with Crippen molar-refractivity contribution < 1.29 is 19.0 Å². The Morgan fingerprint density at radius 2 is 0.975 bits per heavy atom. The average Bonchev–Trinajstić information content (AvgIpc) is 2.99. The molecule has 6 heteroatoms. The van der Waals surface area contributed by atoms with Crippen LogP contribution in [0.15, 0.2) is 71.4 Å². The molecule has 220 valence electrons. The van der Waals surface area contributed by atoms with Crippen LogP contribution in [0.4, 0.5) is 11.4 Å². The van der Waals surface area contributed by atoms with Gasteiger partial charge in [-0.05, 0) is 67.8 Å². The van der Waals surface area contributed by atoms with E-state index in [0.29, 0.717) is 13.2 Å². The minimum atomic E-state index is -0.338. The first kappa shape index (κ1) is 33.1. The van der Waals surface area contributed by atoms with E-state index in [2.05, 4.69) is 23.7 Å². The lowest BCUT2D eigenvalue weighted by Crippen LogP contribution is -2.01. The van der Waals surface area contributed by atoms with Crippen LogP contribution in [-0.4, -0.2) is 25.8 Å². The molecular weight excluding hydrogens is 500 g/mol. The molecule has 0 atom stereocenters. The Hall–Kier alpha value is -3.15. The molecule has 2 aromatic rings. The minimum absolute atomic E-state index is 0.338. The molecule has 0 heterocycles. The van der Waals surface area contributed by atoms with E-state index in [-0.39, 0.29) is 5.97 Å². The lowest BCUT2D eigenvalue weighted by atomic mass is 10.1. The van der Waals surface area contributed by atoms with Gasteiger partial charge >= 0.3 is 5.97 Å². The fourth-order valence-electron chi connectivity index (χ4n) is 4.27. The Labute approximate surface area is 242 Å². The van der Waals surface area contributed by atoms with Crippen LogP contribution in [0.5, 0.6) is 11.5 Å². The molecule has 0 saturated carbocycles. The second-order valence-corrected chi connectivity index (χ2v) is 10.2. The Morgan fingerprint density at radius 3 is 1.38 bits per heavy atom. The molecule has 0 bridgehead atoms. The number of nitrogens with zero attached hydrogens (tertiary/aromatic N) is 2. The number of esters is 1. The number of carbonyl (C=O) groups is 1. The van der Waals surface area contributed by atoms with Gasteiger partial charge in [0.1, 0.15) is 11.5 Å². The van der Waals surface area contributed by atoms with E-state index in [1.54, 1.807) is 0 Å². The van der Waals surface area contributed by atoms with Crippen molar-refractivity contribution in [2.75, 3.05) is 19.8 Å². The molecule has 0 N–H and O–H groups in total. The van der Waals surface area contributed by atoms with E-state index >= 15 is 0 Å². The molecule has 0 unspecified atom stereocenters. The molecular formula is C34H50N2O4. The van der Waals surface area contributed by atoms with Crippen molar-refractivity contribution in [2.45, 2.75) is 103 Å². The number of benzene rings is 2. The van der Waals surface area contributed by atoms with Crippen LogP contribution < -0.4 is 9.47 Å². The molecule has 6 nitrogen and oxygen atoms in total. The van der Waals surface area contributed by atoms with Gasteiger partial charge in [-0.3, -0.25) is 0 Å². The van der Waals surface area contributed by atoms with Crippen molar-refractivity contribution in [3.63, 3.8) is 0 Å². The molecule has 2 rings (SSSR count). The summed E-state index contributed by atoms with van der Waals surface area (Å²) in [5, 5.41) is 8.68. The van der Waals surface area contributed by atoms with Gasteiger partial charge in [0, 0.05) is 6.08 Å². The second-order valence-electron chi connectivity index (χ2n) is 10.2. The highest BCUT2D eigenvalue weighted by molar-refractivity contribution is 5.81. The first-order valence-electron chi connectivity index (χ1n) is 15.4. The van der Waals surface area contributed by atoms with E-state index in [1.807, 2.05) is 48.5 Å². The Morgan fingerprint density at radius 1 is 0.600 bits per heavy atom. The third-order valence-corrected chi connectivity index (χ3v) is 6.69. The monoisotopic (exact) mass is 550 g/mol. The van der Waals surface area contributed by atoms with Crippen LogP contribution in [0, 0.1) is 0 Å². The smallest absolute Gasteiger partial charge is 0.330 e. The maximum Gasteiger partial charge on any atom is 0.330 e. The van der Waals surface area contributed by atoms with Gasteiger partial charge in [-0.1, -0.05) is 90.6 Å². The van der Waals surface area contributed by atoms with E-state index in [1.165, 1.54) is 70.3 Å². The highest BCUT2D eigenvalue weighted by atomic mass is 16.5. The number of ether oxygens (including phenoxy) is 3. The van der Waals surface area contributed by atoms with Gasteiger partial charge in [-0.25, -0.2) is 4.79 Å². The molecule has 0 aliphatic carbocycles. The quantitative estimate of drug-likeness (QED) is 0.0564.